The number of carbonyl (C=O) groups excluding carboxylic acids is 1. The van der Waals surface area contributed by atoms with Crippen molar-refractivity contribution in [1.29, 1.82) is 0 Å². The van der Waals surface area contributed by atoms with Crippen LogP contribution in [0.4, 0.5) is 5.82 Å². The molecule has 1 aliphatic rings. The predicted octanol–water partition coefficient (Wildman–Crippen LogP) is 2.54. The van der Waals surface area contributed by atoms with E-state index in [0.29, 0.717) is 18.0 Å². The first-order valence-corrected chi connectivity index (χ1v) is 7.62. The molecular weight excluding hydrogens is 266 g/mol. The lowest BCUT2D eigenvalue weighted by Gasteiger charge is -2.36. The first-order valence-electron chi connectivity index (χ1n) is 7.62. The van der Waals surface area contributed by atoms with Gasteiger partial charge in [-0.15, -0.1) is 0 Å². The van der Waals surface area contributed by atoms with E-state index >= 15 is 0 Å². The van der Waals surface area contributed by atoms with Crippen LogP contribution in [0.3, 0.4) is 0 Å². The number of anilines is 1. The first kappa shape index (κ1) is 15.8. The summed E-state index contributed by atoms with van der Waals surface area (Å²) >= 11 is 0. The van der Waals surface area contributed by atoms with E-state index in [-0.39, 0.29) is 11.5 Å². The highest BCUT2D eigenvalue weighted by molar-refractivity contribution is 5.94. The predicted molar refractivity (Wildman–Crippen MR) is 83.6 cm³/mol. The van der Waals surface area contributed by atoms with E-state index < -0.39 is 0 Å². The van der Waals surface area contributed by atoms with E-state index in [4.69, 9.17) is 4.74 Å². The fraction of sp³-hybridized carbons (Fsp3) is 0.625. The van der Waals surface area contributed by atoms with Crippen LogP contribution in [0, 0.1) is 0 Å². The Labute approximate surface area is 126 Å². The van der Waals surface area contributed by atoms with E-state index in [0.717, 1.165) is 6.54 Å². The molecule has 0 aliphatic heterocycles. The van der Waals surface area contributed by atoms with Gasteiger partial charge >= 0.3 is 5.97 Å². The van der Waals surface area contributed by atoms with E-state index in [9.17, 15) is 4.79 Å². The number of pyridine rings is 1. The van der Waals surface area contributed by atoms with Crippen molar-refractivity contribution in [3.05, 3.63) is 23.9 Å². The largest absolute Gasteiger partial charge is 0.462 e. The van der Waals surface area contributed by atoms with E-state index in [1.165, 1.54) is 25.7 Å². The molecule has 1 heterocycles. The minimum absolute atomic E-state index is 0.156. The summed E-state index contributed by atoms with van der Waals surface area (Å²) in [5.74, 6) is 0.294. The third-order valence-corrected chi connectivity index (χ3v) is 4.37. The van der Waals surface area contributed by atoms with Crippen LogP contribution in [0.5, 0.6) is 0 Å². The Morgan fingerprint density at radius 1 is 1.43 bits per heavy atom. The summed E-state index contributed by atoms with van der Waals surface area (Å²) < 4.78 is 5.08. The Morgan fingerprint density at radius 2 is 2.14 bits per heavy atom. The van der Waals surface area contributed by atoms with Crippen LogP contribution >= 0.6 is 0 Å². The Bertz CT molecular complexity index is 482. The average molecular weight is 291 g/mol. The first-order chi connectivity index (χ1) is 10.1. The normalized spacial score (nSPS) is 17.0. The number of rotatable bonds is 6. The summed E-state index contributed by atoms with van der Waals surface area (Å²) in [6, 6.07) is 3.51. The molecule has 1 N–H and O–H groups in total. The fourth-order valence-corrected chi connectivity index (χ4v) is 2.98. The smallest absolute Gasteiger partial charge is 0.341 e. The van der Waals surface area contributed by atoms with Gasteiger partial charge in [-0.3, -0.25) is 0 Å². The Hall–Kier alpha value is -1.62. The van der Waals surface area contributed by atoms with Gasteiger partial charge in [-0.25, -0.2) is 9.78 Å². The van der Waals surface area contributed by atoms with Crippen molar-refractivity contribution in [2.45, 2.75) is 38.1 Å². The molecule has 0 amide bonds. The van der Waals surface area contributed by atoms with Gasteiger partial charge in [-0.1, -0.05) is 12.8 Å². The summed E-state index contributed by atoms with van der Waals surface area (Å²) in [6.45, 7) is 2.97. The highest BCUT2D eigenvalue weighted by atomic mass is 16.5. The Kier molecular flexibility index (Phi) is 5.17. The quantitative estimate of drug-likeness (QED) is 0.816. The van der Waals surface area contributed by atoms with Gasteiger partial charge in [-0.05, 0) is 46.0 Å². The van der Waals surface area contributed by atoms with E-state index in [1.807, 2.05) is 0 Å². The molecule has 0 radical (unpaired) electrons. The molecule has 0 unspecified atom stereocenters. The molecule has 1 saturated carbocycles. The highest BCUT2D eigenvalue weighted by Crippen LogP contribution is 2.34. The summed E-state index contributed by atoms with van der Waals surface area (Å²) in [5.41, 5.74) is 0.662. The van der Waals surface area contributed by atoms with Gasteiger partial charge in [0.1, 0.15) is 11.4 Å². The van der Waals surface area contributed by atoms with Crippen molar-refractivity contribution < 1.29 is 9.53 Å². The topological polar surface area (TPSA) is 54.5 Å². The van der Waals surface area contributed by atoms with Gasteiger partial charge in [0, 0.05) is 18.3 Å². The second kappa shape index (κ2) is 6.89. The number of carbonyl (C=O) groups is 1. The van der Waals surface area contributed by atoms with Crippen LogP contribution in [-0.4, -0.2) is 48.6 Å². The molecule has 21 heavy (non-hydrogen) atoms. The minimum atomic E-state index is -0.321. The van der Waals surface area contributed by atoms with E-state index in [1.54, 1.807) is 25.3 Å². The Balaban J connectivity index is 2.11. The third-order valence-electron chi connectivity index (χ3n) is 4.37. The SMILES string of the molecule is CCOC(=O)c1cccnc1NCC1(N(C)C)CCCC1. The molecule has 1 aromatic heterocycles. The van der Waals surface area contributed by atoms with Gasteiger partial charge in [0.15, 0.2) is 0 Å². The third kappa shape index (κ3) is 3.53. The molecule has 5 nitrogen and oxygen atoms in total. The summed E-state index contributed by atoms with van der Waals surface area (Å²) in [5, 5.41) is 3.36. The molecule has 0 spiro atoms. The minimum Gasteiger partial charge on any atom is -0.462 e. The number of ether oxygens (including phenoxy) is 1. The van der Waals surface area contributed by atoms with Crippen LogP contribution in [0.1, 0.15) is 43.0 Å². The lowest BCUT2D eigenvalue weighted by Crippen LogP contribution is -2.47. The number of hydrogen-bond acceptors (Lipinski definition) is 5. The molecule has 0 saturated heterocycles. The molecule has 0 aromatic carbocycles. The maximum Gasteiger partial charge on any atom is 0.341 e. The van der Waals surface area contributed by atoms with Crippen molar-refractivity contribution >= 4 is 11.8 Å². The van der Waals surface area contributed by atoms with Crippen molar-refractivity contribution in [3.63, 3.8) is 0 Å². The number of hydrogen-bond donors (Lipinski definition) is 1. The van der Waals surface area contributed by atoms with Crippen molar-refractivity contribution in [2.24, 2.45) is 0 Å². The van der Waals surface area contributed by atoms with Crippen molar-refractivity contribution in [3.8, 4) is 0 Å². The van der Waals surface area contributed by atoms with Crippen LogP contribution in [0.2, 0.25) is 0 Å². The summed E-state index contributed by atoms with van der Waals surface area (Å²) in [7, 11) is 4.25. The molecule has 1 aliphatic carbocycles. The van der Waals surface area contributed by atoms with E-state index in [2.05, 4.69) is 29.3 Å². The molecule has 1 aromatic rings. The van der Waals surface area contributed by atoms with Crippen molar-refractivity contribution in [1.82, 2.24) is 9.88 Å². The monoisotopic (exact) mass is 291 g/mol. The van der Waals surface area contributed by atoms with Crippen LogP contribution in [-0.2, 0) is 4.74 Å². The Morgan fingerprint density at radius 3 is 2.76 bits per heavy atom. The number of likely N-dealkylation sites (N-methyl/N-ethyl adjacent to an activating group) is 1. The molecule has 0 atom stereocenters. The maximum absolute atomic E-state index is 12.0. The van der Waals surface area contributed by atoms with Crippen LogP contribution < -0.4 is 5.32 Å². The van der Waals surface area contributed by atoms with Gasteiger partial charge in [-0.2, -0.15) is 0 Å². The number of nitrogens with one attached hydrogen (secondary N) is 1. The number of esters is 1. The van der Waals surface area contributed by atoms with Gasteiger partial charge in [0.05, 0.1) is 6.61 Å². The zero-order valence-corrected chi connectivity index (χ0v) is 13.2. The van der Waals surface area contributed by atoms with Crippen LogP contribution in [0.15, 0.2) is 18.3 Å². The van der Waals surface area contributed by atoms with Gasteiger partial charge < -0.3 is 15.0 Å². The number of nitrogens with zero attached hydrogens (tertiary/aromatic N) is 2. The van der Waals surface area contributed by atoms with Crippen molar-refractivity contribution in [2.75, 3.05) is 32.6 Å². The maximum atomic E-state index is 12.0. The highest BCUT2D eigenvalue weighted by Gasteiger charge is 2.36. The van der Waals surface area contributed by atoms with Gasteiger partial charge in [0.25, 0.3) is 0 Å². The molecule has 0 bridgehead atoms. The van der Waals surface area contributed by atoms with Crippen LogP contribution in [0.25, 0.3) is 0 Å². The lowest BCUT2D eigenvalue weighted by atomic mass is 9.96. The zero-order valence-electron chi connectivity index (χ0n) is 13.2. The molecule has 1 fully saturated rings. The second-order valence-corrected chi connectivity index (χ2v) is 5.80. The van der Waals surface area contributed by atoms with Gasteiger partial charge in [0.2, 0.25) is 0 Å². The lowest BCUT2D eigenvalue weighted by molar-refractivity contribution is 0.0527. The standard InChI is InChI=1S/C16H25N3O2/c1-4-21-15(20)13-8-7-11-17-14(13)18-12-16(19(2)3)9-5-6-10-16/h7-8,11H,4-6,9-10,12H2,1-3H3,(H,17,18). The zero-order chi connectivity index (χ0) is 15.3. The average Bonchev–Trinajstić information content (AvgIpc) is 2.96. The molecular formula is C16H25N3O2. The molecule has 116 valence electrons. The summed E-state index contributed by atoms with van der Waals surface area (Å²) in [4.78, 5) is 18.6. The molecule has 2 rings (SSSR count). The fourth-order valence-electron chi connectivity index (χ4n) is 2.98. The number of aromatic nitrogens is 1. The molecule has 5 heteroatoms. The summed E-state index contributed by atoms with van der Waals surface area (Å²) in [6.07, 6.45) is 6.56. The second-order valence-electron chi connectivity index (χ2n) is 5.80.